The SMILES string of the molecule is Cl.O=C(NCCC1CCCNC1)C1CC(=O)N(c2ccccc2Br)C1. The highest BCUT2D eigenvalue weighted by Gasteiger charge is 2.35. The average molecular weight is 431 g/mol. The van der Waals surface area contributed by atoms with Crippen molar-refractivity contribution in [3.8, 4) is 0 Å². The minimum absolute atomic E-state index is 0. The molecule has 0 aromatic heterocycles. The molecule has 0 saturated carbocycles. The third-order valence-corrected chi connectivity index (χ3v) is 5.56. The number of piperidine rings is 1. The fourth-order valence-electron chi connectivity index (χ4n) is 3.50. The van der Waals surface area contributed by atoms with Crippen LogP contribution in [0.4, 0.5) is 5.69 Å². The number of hydrogen-bond donors (Lipinski definition) is 2. The average Bonchev–Trinajstić information content (AvgIpc) is 2.98. The molecule has 2 heterocycles. The molecular formula is C18H25BrClN3O2. The van der Waals surface area contributed by atoms with E-state index in [4.69, 9.17) is 0 Å². The van der Waals surface area contributed by atoms with Crippen molar-refractivity contribution in [2.75, 3.05) is 31.1 Å². The number of para-hydroxylation sites is 1. The minimum Gasteiger partial charge on any atom is -0.356 e. The van der Waals surface area contributed by atoms with E-state index in [1.807, 2.05) is 24.3 Å². The van der Waals surface area contributed by atoms with Gasteiger partial charge < -0.3 is 15.5 Å². The molecule has 2 aliphatic heterocycles. The molecule has 3 rings (SSSR count). The van der Waals surface area contributed by atoms with Gasteiger partial charge in [-0.05, 0) is 66.3 Å². The van der Waals surface area contributed by atoms with Crippen LogP contribution in [0.5, 0.6) is 0 Å². The van der Waals surface area contributed by atoms with E-state index < -0.39 is 0 Å². The fourth-order valence-corrected chi connectivity index (χ4v) is 4.00. The molecule has 2 amide bonds. The lowest BCUT2D eigenvalue weighted by atomic mass is 9.96. The molecule has 7 heteroatoms. The molecule has 2 saturated heterocycles. The van der Waals surface area contributed by atoms with Crippen molar-refractivity contribution in [3.63, 3.8) is 0 Å². The summed E-state index contributed by atoms with van der Waals surface area (Å²) in [6.07, 6.45) is 3.75. The first-order valence-electron chi connectivity index (χ1n) is 8.68. The molecule has 1 aromatic carbocycles. The van der Waals surface area contributed by atoms with E-state index in [0.717, 1.165) is 29.7 Å². The summed E-state index contributed by atoms with van der Waals surface area (Å²) in [7, 11) is 0. The van der Waals surface area contributed by atoms with Gasteiger partial charge in [0, 0.05) is 24.0 Å². The fraction of sp³-hybridized carbons (Fsp3) is 0.556. The molecule has 2 aliphatic rings. The van der Waals surface area contributed by atoms with Crippen molar-refractivity contribution >= 4 is 45.8 Å². The van der Waals surface area contributed by atoms with Gasteiger partial charge in [0.1, 0.15) is 0 Å². The van der Waals surface area contributed by atoms with E-state index in [2.05, 4.69) is 26.6 Å². The van der Waals surface area contributed by atoms with Crippen LogP contribution >= 0.6 is 28.3 Å². The maximum atomic E-state index is 12.4. The molecule has 2 unspecified atom stereocenters. The molecule has 0 bridgehead atoms. The van der Waals surface area contributed by atoms with Crippen LogP contribution in [0.3, 0.4) is 0 Å². The molecule has 138 valence electrons. The van der Waals surface area contributed by atoms with Crippen LogP contribution in [0, 0.1) is 11.8 Å². The van der Waals surface area contributed by atoms with Crippen LogP contribution in [0.15, 0.2) is 28.7 Å². The summed E-state index contributed by atoms with van der Waals surface area (Å²) in [6, 6.07) is 7.63. The first-order chi connectivity index (χ1) is 11.6. The van der Waals surface area contributed by atoms with Gasteiger partial charge in [-0.3, -0.25) is 9.59 Å². The first kappa shape index (κ1) is 20.2. The highest BCUT2D eigenvalue weighted by Crippen LogP contribution is 2.31. The van der Waals surface area contributed by atoms with E-state index in [1.54, 1.807) is 4.90 Å². The maximum Gasteiger partial charge on any atom is 0.227 e. The molecule has 1 aromatic rings. The molecule has 5 nitrogen and oxygen atoms in total. The van der Waals surface area contributed by atoms with Gasteiger partial charge in [-0.2, -0.15) is 0 Å². The number of anilines is 1. The van der Waals surface area contributed by atoms with Gasteiger partial charge in [-0.15, -0.1) is 12.4 Å². The Morgan fingerprint density at radius 1 is 1.36 bits per heavy atom. The van der Waals surface area contributed by atoms with Crippen molar-refractivity contribution in [2.45, 2.75) is 25.7 Å². The van der Waals surface area contributed by atoms with Gasteiger partial charge in [0.2, 0.25) is 11.8 Å². The number of benzene rings is 1. The number of carbonyl (C=O) groups excluding carboxylic acids is 2. The molecule has 0 aliphatic carbocycles. The monoisotopic (exact) mass is 429 g/mol. The van der Waals surface area contributed by atoms with E-state index in [-0.39, 0.29) is 36.6 Å². The van der Waals surface area contributed by atoms with Gasteiger partial charge in [0.05, 0.1) is 11.6 Å². The van der Waals surface area contributed by atoms with Gasteiger partial charge in [0.25, 0.3) is 0 Å². The number of amides is 2. The lowest BCUT2D eigenvalue weighted by Gasteiger charge is -2.23. The molecule has 2 atom stereocenters. The maximum absolute atomic E-state index is 12.4. The minimum atomic E-state index is -0.255. The molecule has 25 heavy (non-hydrogen) atoms. The summed E-state index contributed by atoms with van der Waals surface area (Å²) < 4.78 is 0.879. The van der Waals surface area contributed by atoms with E-state index in [0.29, 0.717) is 19.0 Å². The quantitative estimate of drug-likeness (QED) is 0.755. The number of nitrogens with zero attached hydrogens (tertiary/aromatic N) is 1. The molecule has 0 spiro atoms. The van der Waals surface area contributed by atoms with Crippen LogP contribution in [0.1, 0.15) is 25.7 Å². The Morgan fingerprint density at radius 3 is 2.88 bits per heavy atom. The highest BCUT2D eigenvalue weighted by atomic mass is 79.9. The van der Waals surface area contributed by atoms with Crippen molar-refractivity contribution < 1.29 is 9.59 Å². The Hall–Kier alpha value is -1.11. The van der Waals surface area contributed by atoms with Crippen molar-refractivity contribution in [3.05, 3.63) is 28.7 Å². The first-order valence-corrected chi connectivity index (χ1v) is 9.48. The van der Waals surface area contributed by atoms with Gasteiger partial charge in [-0.1, -0.05) is 12.1 Å². The standard InChI is InChI=1S/C18H24BrN3O2.ClH/c19-15-5-1-2-6-16(15)22-12-14(10-17(22)23)18(24)21-9-7-13-4-3-8-20-11-13;/h1-2,5-6,13-14,20H,3-4,7-12H2,(H,21,24);1H. The Balaban J connectivity index is 0.00000225. The predicted octanol–water partition coefficient (Wildman–Crippen LogP) is 2.73. The van der Waals surface area contributed by atoms with Crippen LogP contribution in [0.2, 0.25) is 0 Å². The lowest BCUT2D eigenvalue weighted by molar-refractivity contribution is -0.126. The second-order valence-corrected chi connectivity index (χ2v) is 7.50. The van der Waals surface area contributed by atoms with E-state index >= 15 is 0 Å². The summed E-state index contributed by atoms with van der Waals surface area (Å²) in [5.74, 6) is 0.412. The zero-order valence-corrected chi connectivity index (χ0v) is 16.6. The Bertz CT molecular complexity index is 608. The number of halogens is 2. The number of hydrogen-bond acceptors (Lipinski definition) is 3. The zero-order valence-electron chi connectivity index (χ0n) is 14.2. The molecule has 2 fully saturated rings. The third kappa shape index (κ3) is 5.19. The number of nitrogens with one attached hydrogen (secondary N) is 2. The third-order valence-electron chi connectivity index (χ3n) is 4.89. The highest BCUT2D eigenvalue weighted by molar-refractivity contribution is 9.10. The number of rotatable bonds is 5. The van der Waals surface area contributed by atoms with Gasteiger partial charge >= 0.3 is 0 Å². The topological polar surface area (TPSA) is 61.4 Å². The summed E-state index contributed by atoms with van der Waals surface area (Å²) in [6.45, 7) is 3.31. The Kier molecular flexibility index (Phi) is 7.72. The molecule has 2 N–H and O–H groups in total. The van der Waals surface area contributed by atoms with Crippen LogP contribution in [-0.2, 0) is 9.59 Å². The largest absolute Gasteiger partial charge is 0.356 e. The van der Waals surface area contributed by atoms with E-state index in [1.165, 1.54) is 12.8 Å². The second-order valence-electron chi connectivity index (χ2n) is 6.65. The zero-order chi connectivity index (χ0) is 16.9. The molecular weight excluding hydrogens is 406 g/mol. The van der Waals surface area contributed by atoms with Crippen LogP contribution < -0.4 is 15.5 Å². The Labute approximate surface area is 163 Å². The van der Waals surface area contributed by atoms with Crippen molar-refractivity contribution in [2.24, 2.45) is 11.8 Å². The number of carbonyl (C=O) groups is 2. The van der Waals surface area contributed by atoms with Gasteiger partial charge in [-0.25, -0.2) is 0 Å². The summed E-state index contributed by atoms with van der Waals surface area (Å²) in [5, 5.41) is 6.42. The van der Waals surface area contributed by atoms with E-state index in [9.17, 15) is 9.59 Å². The lowest BCUT2D eigenvalue weighted by Crippen LogP contribution is -2.36. The Morgan fingerprint density at radius 2 is 2.16 bits per heavy atom. The van der Waals surface area contributed by atoms with Gasteiger partial charge in [0.15, 0.2) is 0 Å². The normalized spacial score (nSPS) is 23.2. The summed E-state index contributed by atoms with van der Waals surface area (Å²) in [5.41, 5.74) is 0.839. The molecule has 0 radical (unpaired) electrons. The van der Waals surface area contributed by atoms with Crippen molar-refractivity contribution in [1.82, 2.24) is 10.6 Å². The summed E-state index contributed by atoms with van der Waals surface area (Å²) in [4.78, 5) is 26.4. The smallest absolute Gasteiger partial charge is 0.227 e. The summed E-state index contributed by atoms with van der Waals surface area (Å²) >= 11 is 3.48. The van der Waals surface area contributed by atoms with Crippen molar-refractivity contribution in [1.29, 1.82) is 0 Å². The predicted molar refractivity (Wildman–Crippen MR) is 105 cm³/mol. The second kappa shape index (κ2) is 9.55. The van der Waals surface area contributed by atoms with Crippen LogP contribution in [-0.4, -0.2) is 38.0 Å². The van der Waals surface area contributed by atoms with Crippen LogP contribution in [0.25, 0.3) is 0 Å².